The van der Waals surface area contributed by atoms with Crippen LogP contribution in [0.4, 0.5) is 0 Å². The first-order chi connectivity index (χ1) is 15.9. The van der Waals surface area contributed by atoms with Crippen molar-refractivity contribution in [3.63, 3.8) is 0 Å². The van der Waals surface area contributed by atoms with Gasteiger partial charge in [-0.1, -0.05) is 96.5 Å². The van der Waals surface area contributed by atoms with Crippen molar-refractivity contribution < 1.29 is 0 Å². The summed E-state index contributed by atoms with van der Waals surface area (Å²) in [5.41, 5.74) is 13.9. The van der Waals surface area contributed by atoms with E-state index in [2.05, 4.69) is 110 Å². The lowest BCUT2D eigenvalue weighted by Crippen LogP contribution is -2.35. The molecule has 0 aromatic heterocycles. The quantitative estimate of drug-likeness (QED) is 0.402. The third-order valence-electron chi connectivity index (χ3n) is 8.19. The lowest BCUT2D eigenvalue weighted by atomic mass is 9.57. The molecule has 2 aliphatic carbocycles. The highest BCUT2D eigenvalue weighted by atomic mass is 14.5. The number of allylic oxidation sites excluding steroid dienone is 7. The van der Waals surface area contributed by atoms with Crippen LogP contribution in [0.25, 0.3) is 0 Å². The molecule has 188 valence electrons. The zero-order valence-corrected chi connectivity index (χ0v) is 23.6. The second-order valence-electron chi connectivity index (χ2n) is 12.0. The first kappa shape index (κ1) is 28.4. The summed E-state index contributed by atoms with van der Waals surface area (Å²) in [6.45, 7) is 23.0. The van der Waals surface area contributed by atoms with E-state index in [1.54, 1.807) is 11.1 Å². The molecule has 1 fully saturated rings. The summed E-state index contributed by atoms with van der Waals surface area (Å²) >= 11 is 0. The number of fused-ring (bicyclic) bond motifs is 1. The first-order valence-electron chi connectivity index (χ1n) is 13.4. The molecule has 1 saturated carbocycles. The van der Waals surface area contributed by atoms with Gasteiger partial charge in [0.15, 0.2) is 0 Å². The highest BCUT2D eigenvalue weighted by Crippen LogP contribution is 2.57. The molecule has 1 aromatic carbocycles. The minimum atomic E-state index is 0.0713. The van der Waals surface area contributed by atoms with Gasteiger partial charge < -0.3 is 5.73 Å². The van der Waals surface area contributed by atoms with Crippen LogP contribution in [0.2, 0.25) is 0 Å². The van der Waals surface area contributed by atoms with E-state index in [-0.39, 0.29) is 10.8 Å². The molecule has 0 heterocycles. The minimum absolute atomic E-state index is 0.0713. The van der Waals surface area contributed by atoms with Gasteiger partial charge in [-0.05, 0) is 97.1 Å². The summed E-state index contributed by atoms with van der Waals surface area (Å²) in [5.74, 6) is 0.533. The maximum absolute atomic E-state index is 4.50. The van der Waals surface area contributed by atoms with Gasteiger partial charge in [0, 0.05) is 5.41 Å². The van der Waals surface area contributed by atoms with Crippen molar-refractivity contribution in [1.29, 1.82) is 0 Å². The first-order valence-corrected chi connectivity index (χ1v) is 13.4. The Kier molecular flexibility index (Phi) is 9.39. The summed E-state index contributed by atoms with van der Waals surface area (Å²) in [7, 11) is 1.50. The highest BCUT2D eigenvalue weighted by Gasteiger charge is 2.44. The van der Waals surface area contributed by atoms with Gasteiger partial charge in [0.25, 0.3) is 0 Å². The van der Waals surface area contributed by atoms with Crippen LogP contribution in [0.5, 0.6) is 0 Å². The Hall–Kier alpha value is -1.86. The number of hydrogen-bond acceptors (Lipinski definition) is 1. The second kappa shape index (κ2) is 11.3. The van der Waals surface area contributed by atoms with Gasteiger partial charge in [0.2, 0.25) is 0 Å². The predicted molar refractivity (Wildman–Crippen MR) is 152 cm³/mol. The largest absolute Gasteiger partial charge is 0.333 e. The van der Waals surface area contributed by atoms with Gasteiger partial charge >= 0.3 is 0 Å². The summed E-state index contributed by atoms with van der Waals surface area (Å²) in [6.07, 6.45) is 14.8. The monoisotopic (exact) mass is 461 g/mol. The minimum Gasteiger partial charge on any atom is -0.333 e. The molecular formula is C33H51N. The molecule has 0 spiro atoms. The van der Waals surface area contributed by atoms with Crippen molar-refractivity contribution in [2.45, 2.75) is 99.8 Å². The second-order valence-corrected chi connectivity index (χ2v) is 12.0. The van der Waals surface area contributed by atoms with Crippen LogP contribution in [-0.2, 0) is 6.42 Å². The Balaban J connectivity index is 0.00000199. The van der Waals surface area contributed by atoms with E-state index >= 15 is 0 Å². The summed E-state index contributed by atoms with van der Waals surface area (Å²) in [6, 6.07) is 9.33. The van der Waals surface area contributed by atoms with Crippen LogP contribution in [-0.4, -0.2) is 7.05 Å². The van der Waals surface area contributed by atoms with Gasteiger partial charge in [0.1, 0.15) is 0 Å². The van der Waals surface area contributed by atoms with E-state index < -0.39 is 0 Å². The highest BCUT2D eigenvalue weighted by molar-refractivity contribution is 5.51. The van der Waals surface area contributed by atoms with E-state index in [1.807, 2.05) is 0 Å². The smallest absolute Gasteiger partial charge is 0.00165 e. The lowest BCUT2D eigenvalue weighted by molar-refractivity contribution is 0.206. The van der Waals surface area contributed by atoms with Crippen molar-refractivity contribution >= 4 is 0 Å². The van der Waals surface area contributed by atoms with Crippen LogP contribution in [0.1, 0.15) is 105 Å². The Morgan fingerprint density at radius 1 is 0.941 bits per heavy atom. The number of hydrogen-bond donors (Lipinski definition) is 1. The van der Waals surface area contributed by atoms with Crippen LogP contribution < -0.4 is 5.73 Å². The van der Waals surface area contributed by atoms with Crippen LogP contribution >= 0.6 is 0 Å². The molecule has 0 aliphatic heterocycles. The van der Waals surface area contributed by atoms with Crippen molar-refractivity contribution in [2.24, 2.45) is 22.0 Å². The van der Waals surface area contributed by atoms with E-state index in [4.69, 9.17) is 0 Å². The van der Waals surface area contributed by atoms with Crippen LogP contribution in [0, 0.1) is 16.2 Å². The zero-order valence-electron chi connectivity index (χ0n) is 23.6. The van der Waals surface area contributed by atoms with Crippen molar-refractivity contribution in [1.82, 2.24) is 0 Å². The molecule has 0 amide bonds. The molecule has 0 saturated heterocycles. The van der Waals surface area contributed by atoms with E-state index in [1.165, 1.54) is 55.0 Å². The van der Waals surface area contributed by atoms with Crippen LogP contribution in [0.3, 0.4) is 0 Å². The fraction of sp³-hybridized carbons (Fsp3) is 0.576. The maximum Gasteiger partial charge on any atom is 0.00165 e. The van der Waals surface area contributed by atoms with Gasteiger partial charge in [-0.2, -0.15) is 0 Å². The van der Waals surface area contributed by atoms with E-state index in [9.17, 15) is 0 Å². The molecule has 1 atom stereocenters. The molecule has 3 rings (SSSR count). The lowest BCUT2D eigenvalue weighted by Gasteiger charge is -2.48. The normalized spacial score (nSPS) is 20.9. The number of nitrogens with two attached hydrogens (primary N) is 1. The summed E-state index contributed by atoms with van der Waals surface area (Å²) in [5, 5.41) is 0. The van der Waals surface area contributed by atoms with Gasteiger partial charge in [0.05, 0.1) is 0 Å². The molecule has 1 heteroatoms. The molecule has 1 unspecified atom stereocenters. The van der Waals surface area contributed by atoms with Gasteiger partial charge in [-0.15, -0.1) is 6.58 Å². The average molecular weight is 462 g/mol. The fourth-order valence-electron chi connectivity index (χ4n) is 6.02. The van der Waals surface area contributed by atoms with Crippen molar-refractivity contribution in [2.75, 3.05) is 7.05 Å². The molecule has 1 aromatic rings. The third kappa shape index (κ3) is 6.42. The summed E-state index contributed by atoms with van der Waals surface area (Å²) in [4.78, 5) is 0. The number of rotatable bonds is 7. The fourth-order valence-corrected chi connectivity index (χ4v) is 6.02. The zero-order chi connectivity index (χ0) is 25.7. The molecule has 2 aliphatic rings. The molecule has 0 radical (unpaired) electrons. The van der Waals surface area contributed by atoms with Crippen LogP contribution in [0.15, 0.2) is 71.4 Å². The van der Waals surface area contributed by atoms with E-state index in [0.717, 1.165) is 12.8 Å². The molecule has 2 N–H and O–H groups in total. The van der Waals surface area contributed by atoms with Crippen molar-refractivity contribution in [3.8, 4) is 0 Å². The Morgan fingerprint density at radius 2 is 1.53 bits per heavy atom. The standard InChI is InChI=1S/C32H46.CH5N/c1-10-32(11-2)17-16-31(8,9)28-20-26(21-30(6,7)22-29(28)32)19-25-12-14-27(15-13-25)24(5)18-23(3)4;1-2/h12-15,20-22,24H,3,10-11,16-19H2,1-2,4-9H3;2H2,1H3. The predicted octanol–water partition coefficient (Wildman–Crippen LogP) is 9.32. The molecule has 0 bridgehead atoms. The van der Waals surface area contributed by atoms with Gasteiger partial charge in [-0.3, -0.25) is 0 Å². The van der Waals surface area contributed by atoms with Gasteiger partial charge in [-0.25, -0.2) is 0 Å². The van der Waals surface area contributed by atoms with Crippen molar-refractivity contribution in [3.05, 3.63) is 82.5 Å². The SMILES string of the molecule is C=C(C)CC(C)c1ccc(CC2=CC(C)(C)C=C3C(=C2)C(C)(C)CCC3(CC)CC)cc1.CN. The third-order valence-corrected chi connectivity index (χ3v) is 8.19. The Bertz CT molecular complexity index is 929. The molecular weight excluding hydrogens is 410 g/mol. The maximum atomic E-state index is 4.50. The average Bonchev–Trinajstić information content (AvgIpc) is 2.92. The Morgan fingerprint density at radius 3 is 2.06 bits per heavy atom. The molecule has 34 heavy (non-hydrogen) atoms. The van der Waals surface area contributed by atoms with E-state index in [0.29, 0.717) is 11.3 Å². The topological polar surface area (TPSA) is 26.0 Å². The molecule has 1 nitrogen and oxygen atoms in total. The number of benzene rings is 1. The summed E-state index contributed by atoms with van der Waals surface area (Å²) < 4.78 is 0. The Labute approximate surface area is 211 Å².